The Kier molecular flexibility index (Phi) is 4.74. The third kappa shape index (κ3) is 3.14. The Balaban J connectivity index is 1.79. The lowest BCUT2D eigenvalue weighted by molar-refractivity contribution is 0.311. The number of hydrogen-bond donors (Lipinski definition) is 0. The summed E-state index contributed by atoms with van der Waals surface area (Å²) in [6.45, 7) is 5.30. The lowest BCUT2D eigenvalue weighted by Gasteiger charge is -2.10. The molecule has 3 heterocycles. The number of rotatable bonds is 5. The summed E-state index contributed by atoms with van der Waals surface area (Å²) in [6, 6.07) is 7.86. The number of ether oxygens (including phenoxy) is 2. The molecule has 4 rings (SSSR count). The molecule has 140 valence electrons. The quantitative estimate of drug-likeness (QED) is 0.657. The summed E-state index contributed by atoms with van der Waals surface area (Å²) < 4.78 is 12.8. The minimum atomic E-state index is 0.0686. The molecule has 0 atom stereocenters. The van der Waals surface area contributed by atoms with Crippen LogP contribution in [0, 0.1) is 0 Å². The highest BCUT2D eigenvalue weighted by molar-refractivity contribution is 7.18. The average Bonchev–Trinajstić information content (AvgIpc) is 3.27. The summed E-state index contributed by atoms with van der Waals surface area (Å²) in [6.07, 6.45) is 3.81. The van der Waals surface area contributed by atoms with Gasteiger partial charge in [-0.1, -0.05) is 13.0 Å². The molecule has 1 aliphatic rings. The van der Waals surface area contributed by atoms with Crippen LogP contribution in [0.4, 0.5) is 0 Å². The predicted octanol–water partition coefficient (Wildman–Crippen LogP) is 4.37. The highest BCUT2D eigenvalue weighted by Crippen LogP contribution is 2.33. The molecule has 0 aliphatic carbocycles. The van der Waals surface area contributed by atoms with Gasteiger partial charge in [0.15, 0.2) is 11.5 Å². The first kappa shape index (κ1) is 17.8. The highest BCUT2D eigenvalue weighted by atomic mass is 32.1. The van der Waals surface area contributed by atoms with E-state index >= 15 is 0 Å². The molecule has 0 radical (unpaired) electrons. The number of methoxy groups -OCH3 is 1. The van der Waals surface area contributed by atoms with Crippen LogP contribution in [-0.2, 0) is 13.0 Å². The van der Waals surface area contributed by atoms with Gasteiger partial charge in [-0.3, -0.25) is 9.36 Å². The molecule has 3 aromatic rings. The van der Waals surface area contributed by atoms with Crippen LogP contribution in [0.25, 0.3) is 21.9 Å². The third-order valence-corrected chi connectivity index (χ3v) is 5.94. The molecular formula is C21H22N2O3S. The Morgan fingerprint density at radius 2 is 2.11 bits per heavy atom. The number of allylic oxidation sites excluding steroid dienone is 1. The Bertz CT molecular complexity index is 1090. The van der Waals surface area contributed by atoms with Gasteiger partial charge in [-0.15, -0.1) is 11.3 Å². The van der Waals surface area contributed by atoms with E-state index < -0.39 is 0 Å². The van der Waals surface area contributed by atoms with E-state index in [9.17, 15) is 4.79 Å². The molecule has 1 aliphatic heterocycles. The smallest absolute Gasteiger partial charge is 0.262 e. The maximum Gasteiger partial charge on any atom is 0.262 e. The van der Waals surface area contributed by atoms with E-state index in [1.807, 2.05) is 31.2 Å². The normalized spacial score (nSPS) is 14.7. The molecule has 1 aromatic carbocycles. The standard InChI is InChI=1S/C21H22N2O3S/c1-4-15-12-16-20(27-15)22-19-14(8-9-23(19)21(16)24)10-13-6-7-17(25-3)18(11-13)26-5-2/h6-7,10-12H,4-5,8-9H2,1-3H3/b14-10-. The summed E-state index contributed by atoms with van der Waals surface area (Å²) in [5, 5.41) is 0.741. The zero-order chi connectivity index (χ0) is 19.0. The number of fused-ring (bicyclic) bond motifs is 2. The summed E-state index contributed by atoms with van der Waals surface area (Å²) in [4.78, 5) is 19.7. The number of hydrogen-bond acceptors (Lipinski definition) is 5. The van der Waals surface area contributed by atoms with Crippen LogP contribution in [0.2, 0.25) is 0 Å². The number of aryl methyl sites for hydroxylation is 1. The highest BCUT2D eigenvalue weighted by Gasteiger charge is 2.22. The maximum atomic E-state index is 12.8. The molecule has 0 amide bonds. The van der Waals surface area contributed by atoms with Crippen molar-refractivity contribution in [1.29, 1.82) is 0 Å². The molecule has 0 N–H and O–H groups in total. The largest absolute Gasteiger partial charge is 0.493 e. The van der Waals surface area contributed by atoms with Crippen LogP contribution in [0.15, 0.2) is 29.1 Å². The zero-order valence-electron chi connectivity index (χ0n) is 15.7. The molecule has 0 saturated heterocycles. The van der Waals surface area contributed by atoms with Crippen LogP contribution < -0.4 is 15.0 Å². The van der Waals surface area contributed by atoms with Crippen molar-refractivity contribution in [2.45, 2.75) is 33.2 Å². The van der Waals surface area contributed by atoms with E-state index in [1.54, 1.807) is 23.0 Å². The van der Waals surface area contributed by atoms with Gasteiger partial charge in [0, 0.05) is 11.4 Å². The Morgan fingerprint density at radius 1 is 1.26 bits per heavy atom. The SMILES string of the molecule is CCOc1cc(/C=C2/CCn3c2nc2sc(CC)cc2c3=O)ccc1OC. The van der Waals surface area contributed by atoms with E-state index in [0.29, 0.717) is 18.9 Å². The molecular weight excluding hydrogens is 360 g/mol. The van der Waals surface area contributed by atoms with E-state index in [-0.39, 0.29) is 5.56 Å². The van der Waals surface area contributed by atoms with Crippen molar-refractivity contribution in [3.63, 3.8) is 0 Å². The van der Waals surface area contributed by atoms with Crippen molar-refractivity contribution in [2.75, 3.05) is 13.7 Å². The monoisotopic (exact) mass is 382 g/mol. The van der Waals surface area contributed by atoms with Gasteiger partial charge in [0.25, 0.3) is 5.56 Å². The van der Waals surface area contributed by atoms with E-state index in [2.05, 4.69) is 13.0 Å². The molecule has 0 saturated carbocycles. The van der Waals surface area contributed by atoms with Gasteiger partial charge < -0.3 is 9.47 Å². The van der Waals surface area contributed by atoms with E-state index in [0.717, 1.165) is 45.8 Å². The summed E-state index contributed by atoms with van der Waals surface area (Å²) in [5.41, 5.74) is 2.16. The second kappa shape index (κ2) is 7.19. The summed E-state index contributed by atoms with van der Waals surface area (Å²) in [7, 11) is 1.64. The molecule has 27 heavy (non-hydrogen) atoms. The van der Waals surface area contributed by atoms with Crippen molar-refractivity contribution in [2.24, 2.45) is 0 Å². The van der Waals surface area contributed by atoms with Gasteiger partial charge in [0.05, 0.1) is 19.1 Å². The van der Waals surface area contributed by atoms with Crippen molar-refractivity contribution in [3.05, 3.63) is 50.9 Å². The number of nitrogens with zero attached hydrogens (tertiary/aromatic N) is 2. The lowest BCUT2D eigenvalue weighted by Crippen LogP contribution is -2.19. The third-order valence-electron chi connectivity index (χ3n) is 4.77. The molecule has 0 spiro atoms. The van der Waals surface area contributed by atoms with Gasteiger partial charge in [0.2, 0.25) is 0 Å². The molecule has 2 aromatic heterocycles. The number of benzene rings is 1. The minimum absolute atomic E-state index is 0.0686. The van der Waals surface area contributed by atoms with Crippen LogP contribution >= 0.6 is 11.3 Å². The van der Waals surface area contributed by atoms with Crippen LogP contribution in [0.3, 0.4) is 0 Å². The summed E-state index contributed by atoms with van der Waals surface area (Å²) >= 11 is 1.61. The Morgan fingerprint density at radius 3 is 2.85 bits per heavy atom. The molecule has 6 heteroatoms. The number of aromatic nitrogens is 2. The fourth-order valence-corrected chi connectivity index (χ4v) is 4.38. The first-order valence-corrected chi connectivity index (χ1v) is 10.0. The van der Waals surface area contributed by atoms with Gasteiger partial charge in [-0.05, 0) is 55.2 Å². The molecule has 0 unspecified atom stereocenters. The first-order valence-electron chi connectivity index (χ1n) is 9.19. The summed E-state index contributed by atoms with van der Waals surface area (Å²) in [5.74, 6) is 2.22. The predicted molar refractivity (Wildman–Crippen MR) is 110 cm³/mol. The topological polar surface area (TPSA) is 53.4 Å². The maximum absolute atomic E-state index is 12.8. The molecule has 0 fully saturated rings. The van der Waals surface area contributed by atoms with Crippen LogP contribution in [0.5, 0.6) is 11.5 Å². The van der Waals surface area contributed by atoms with E-state index in [4.69, 9.17) is 14.5 Å². The van der Waals surface area contributed by atoms with Crippen molar-refractivity contribution < 1.29 is 9.47 Å². The van der Waals surface area contributed by atoms with Gasteiger partial charge in [-0.2, -0.15) is 0 Å². The fourth-order valence-electron chi connectivity index (χ4n) is 3.43. The van der Waals surface area contributed by atoms with Gasteiger partial charge in [-0.25, -0.2) is 4.98 Å². The molecule has 0 bridgehead atoms. The Labute approximate surface area is 161 Å². The van der Waals surface area contributed by atoms with Crippen LogP contribution in [-0.4, -0.2) is 23.3 Å². The Hall–Kier alpha value is -2.60. The minimum Gasteiger partial charge on any atom is -0.493 e. The van der Waals surface area contributed by atoms with Crippen molar-refractivity contribution >= 4 is 33.2 Å². The first-order chi connectivity index (χ1) is 13.1. The second-order valence-corrected chi connectivity index (χ2v) is 7.56. The second-order valence-electron chi connectivity index (χ2n) is 6.44. The average molecular weight is 382 g/mol. The fraction of sp³-hybridized carbons (Fsp3) is 0.333. The molecule has 5 nitrogen and oxygen atoms in total. The van der Waals surface area contributed by atoms with Crippen LogP contribution in [0.1, 0.15) is 36.5 Å². The van der Waals surface area contributed by atoms with Crippen molar-refractivity contribution in [1.82, 2.24) is 9.55 Å². The lowest BCUT2D eigenvalue weighted by atomic mass is 10.1. The number of thiophene rings is 1. The van der Waals surface area contributed by atoms with Gasteiger partial charge in [0.1, 0.15) is 10.7 Å². The van der Waals surface area contributed by atoms with E-state index in [1.165, 1.54) is 4.88 Å². The van der Waals surface area contributed by atoms with Gasteiger partial charge >= 0.3 is 0 Å². The van der Waals surface area contributed by atoms with Crippen molar-refractivity contribution in [3.8, 4) is 11.5 Å². The zero-order valence-corrected chi connectivity index (χ0v) is 16.6.